The van der Waals surface area contributed by atoms with E-state index in [-0.39, 0.29) is 11.4 Å². The summed E-state index contributed by atoms with van der Waals surface area (Å²) in [4.78, 5) is 45.5. The van der Waals surface area contributed by atoms with Crippen molar-refractivity contribution in [3.8, 4) is 0 Å². The van der Waals surface area contributed by atoms with Gasteiger partial charge in [-0.2, -0.15) is 0 Å². The molecule has 2 fully saturated rings. The van der Waals surface area contributed by atoms with Crippen molar-refractivity contribution < 1.29 is 19.3 Å². The third-order valence-corrected chi connectivity index (χ3v) is 6.65. The van der Waals surface area contributed by atoms with Crippen LogP contribution in [0.1, 0.15) is 11.6 Å². The number of amides is 2. The maximum atomic E-state index is 13.6. The second kappa shape index (κ2) is 8.34. The number of para-hydroxylation sites is 1. The zero-order valence-electron chi connectivity index (χ0n) is 17.5. The highest BCUT2D eigenvalue weighted by Crippen LogP contribution is 2.47. The van der Waals surface area contributed by atoms with Gasteiger partial charge in [0, 0.05) is 17.0 Å². The van der Waals surface area contributed by atoms with Crippen LogP contribution in [0, 0.1) is 16.0 Å². The number of fused-ring (bicyclic) bond motifs is 1. The Balaban J connectivity index is 1.54. The first-order valence-corrected chi connectivity index (χ1v) is 11.5. The van der Waals surface area contributed by atoms with Gasteiger partial charge in [-0.3, -0.25) is 24.5 Å². The summed E-state index contributed by atoms with van der Waals surface area (Å²) in [6.45, 7) is 0. The Morgan fingerprint density at radius 3 is 2.15 bits per heavy atom. The second-order valence-electron chi connectivity index (χ2n) is 7.72. The average molecular weight is 461 g/mol. The minimum Gasteiger partial charge on any atom is -0.273 e. The first-order chi connectivity index (χ1) is 16.0. The molecule has 0 aliphatic carbocycles. The van der Waals surface area contributed by atoms with Crippen LogP contribution >= 0.6 is 11.8 Å². The molecule has 0 N–H and O–H groups in total. The maximum absolute atomic E-state index is 13.6. The number of nitro groups is 1. The van der Waals surface area contributed by atoms with Crippen LogP contribution in [0.2, 0.25) is 0 Å². The summed E-state index contributed by atoms with van der Waals surface area (Å²) in [5.41, 5.74) is 1.77. The molecule has 0 aromatic heterocycles. The van der Waals surface area contributed by atoms with E-state index in [1.807, 2.05) is 60.9 Å². The Labute approximate surface area is 193 Å². The van der Waals surface area contributed by atoms with Crippen molar-refractivity contribution in [3.63, 3.8) is 0 Å². The van der Waals surface area contributed by atoms with Gasteiger partial charge in [-0.05, 0) is 48.2 Å². The number of carbonyl (C=O) groups excluding carboxylic acids is 2. The number of hydroxylamine groups is 1. The van der Waals surface area contributed by atoms with Crippen LogP contribution in [0.3, 0.4) is 0 Å². The smallest absolute Gasteiger partial charge is 0.269 e. The number of nitro benzene ring substituents is 1. The van der Waals surface area contributed by atoms with Gasteiger partial charge in [-0.25, -0.2) is 9.96 Å². The number of hydrogen-bond donors (Lipinski definition) is 0. The van der Waals surface area contributed by atoms with Gasteiger partial charge in [0.25, 0.3) is 11.6 Å². The van der Waals surface area contributed by atoms with Gasteiger partial charge in [0.05, 0.1) is 22.3 Å². The standard InChI is InChI=1S/C24H19N3O5S/c1-33-19-13-7-15(8-14-19)21-20-22(32-26(21)17-5-3-2-4-6-17)24(29)25(23(20)28)16-9-11-18(12-10-16)27(30)31/h2-14,20-22H,1H3/t20-,21+,22+/m0/s1. The van der Waals surface area contributed by atoms with E-state index >= 15 is 0 Å². The highest BCUT2D eigenvalue weighted by Gasteiger charge is 2.60. The fraction of sp³-hybridized carbons (Fsp3) is 0.167. The lowest BCUT2D eigenvalue weighted by Crippen LogP contribution is -2.37. The number of carbonyl (C=O) groups is 2. The van der Waals surface area contributed by atoms with Gasteiger partial charge in [0.1, 0.15) is 5.92 Å². The van der Waals surface area contributed by atoms with Gasteiger partial charge in [-0.15, -0.1) is 11.8 Å². The SMILES string of the molecule is CSc1ccc([C@@H]2[C@@H]3C(=O)N(c4ccc([N+](=O)[O-])cc4)C(=O)[C@@H]3ON2c2ccccc2)cc1. The Hall–Kier alpha value is -3.69. The van der Waals surface area contributed by atoms with Crippen molar-refractivity contribution in [2.45, 2.75) is 17.0 Å². The van der Waals surface area contributed by atoms with E-state index < -0.39 is 34.8 Å². The number of imide groups is 1. The van der Waals surface area contributed by atoms with Crippen molar-refractivity contribution in [3.05, 3.63) is 94.5 Å². The minimum absolute atomic E-state index is 0.115. The molecular formula is C24H19N3O5S. The van der Waals surface area contributed by atoms with Crippen molar-refractivity contribution in [1.29, 1.82) is 0 Å². The Bertz CT molecular complexity index is 1220. The molecule has 33 heavy (non-hydrogen) atoms. The molecule has 2 aliphatic rings. The highest BCUT2D eigenvalue weighted by atomic mass is 32.2. The third-order valence-electron chi connectivity index (χ3n) is 5.90. The summed E-state index contributed by atoms with van der Waals surface area (Å²) in [6, 6.07) is 22.1. The van der Waals surface area contributed by atoms with Crippen LogP contribution in [0.5, 0.6) is 0 Å². The average Bonchev–Trinajstić information content (AvgIpc) is 3.35. The molecule has 166 valence electrons. The lowest BCUT2D eigenvalue weighted by Gasteiger charge is -2.28. The third kappa shape index (κ3) is 3.55. The molecule has 3 atom stereocenters. The number of non-ortho nitro benzene ring substituents is 1. The van der Waals surface area contributed by atoms with Crippen LogP contribution in [0.25, 0.3) is 0 Å². The zero-order chi connectivity index (χ0) is 23.1. The van der Waals surface area contributed by atoms with Crippen molar-refractivity contribution in [2.75, 3.05) is 16.2 Å². The van der Waals surface area contributed by atoms with Crippen LogP contribution in [0.15, 0.2) is 83.8 Å². The molecule has 2 amide bonds. The molecule has 2 heterocycles. The summed E-state index contributed by atoms with van der Waals surface area (Å²) >= 11 is 1.62. The number of nitrogens with zero attached hydrogens (tertiary/aromatic N) is 3. The predicted octanol–water partition coefficient (Wildman–Crippen LogP) is 4.37. The van der Waals surface area contributed by atoms with Gasteiger partial charge in [0.2, 0.25) is 5.91 Å². The highest BCUT2D eigenvalue weighted by molar-refractivity contribution is 7.98. The van der Waals surface area contributed by atoms with E-state index in [1.54, 1.807) is 16.8 Å². The number of hydrogen-bond acceptors (Lipinski definition) is 7. The monoisotopic (exact) mass is 461 g/mol. The first-order valence-electron chi connectivity index (χ1n) is 10.3. The minimum atomic E-state index is -0.988. The number of benzene rings is 3. The molecule has 0 spiro atoms. The van der Waals surface area contributed by atoms with Gasteiger partial charge >= 0.3 is 0 Å². The van der Waals surface area contributed by atoms with E-state index in [1.165, 1.54) is 24.3 Å². The van der Waals surface area contributed by atoms with Gasteiger partial charge < -0.3 is 0 Å². The summed E-state index contributed by atoms with van der Waals surface area (Å²) in [5.74, 6) is -1.63. The zero-order valence-corrected chi connectivity index (χ0v) is 18.3. The summed E-state index contributed by atoms with van der Waals surface area (Å²) < 4.78 is 0. The quantitative estimate of drug-likeness (QED) is 0.241. The fourth-order valence-corrected chi connectivity index (χ4v) is 4.74. The largest absolute Gasteiger partial charge is 0.273 e. The second-order valence-corrected chi connectivity index (χ2v) is 8.60. The molecule has 0 radical (unpaired) electrons. The van der Waals surface area contributed by atoms with Crippen LogP contribution in [0.4, 0.5) is 17.1 Å². The normalized spacial score (nSPS) is 22.0. The molecule has 2 aliphatic heterocycles. The van der Waals surface area contributed by atoms with E-state index in [0.29, 0.717) is 0 Å². The summed E-state index contributed by atoms with van der Waals surface area (Å²) in [5, 5.41) is 12.6. The maximum Gasteiger partial charge on any atom is 0.269 e. The van der Waals surface area contributed by atoms with Crippen molar-refractivity contribution in [1.82, 2.24) is 0 Å². The molecule has 3 aromatic rings. The Morgan fingerprint density at radius 2 is 1.55 bits per heavy atom. The van der Waals surface area contributed by atoms with Crippen LogP contribution in [-0.4, -0.2) is 29.1 Å². The lowest BCUT2D eigenvalue weighted by atomic mass is 9.90. The molecule has 9 heteroatoms. The summed E-state index contributed by atoms with van der Waals surface area (Å²) in [7, 11) is 0. The van der Waals surface area contributed by atoms with E-state index in [4.69, 9.17) is 4.84 Å². The number of anilines is 2. The van der Waals surface area contributed by atoms with Crippen molar-refractivity contribution in [2.24, 2.45) is 5.92 Å². The molecule has 3 aromatic carbocycles. The number of thioether (sulfide) groups is 1. The lowest BCUT2D eigenvalue weighted by molar-refractivity contribution is -0.384. The molecule has 5 rings (SSSR count). The van der Waals surface area contributed by atoms with Crippen molar-refractivity contribution >= 4 is 40.6 Å². The van der Waals surface area contributed by atoms with Gasteiger partial charge in [-0.1, -0.05) is 30.3 Å². The summed E-state index contributed by atoms with van der Waals surface area (Å²) in [6.07, 6.45) is 0.999. The molecule has 0 unspecified atom stereocenters. The van der Waals surface area contributed by atoms with E-state index in [0.717, 1.165) is 21.0 Å². The predicted molar refractivity (Wildman–Crippen MR) is 124 cm³/mol. The molecule has 0 saturated carbocycles. The topological polar surface area (TPSA) is 93.0 Å². The molecular weight excluding hydrogens is 442 g/mol. The van der Waals surface area contributed by atoms with E-state index in [2.05, 4.69) is 0 Å². The van der Waals surface area contributed by atoms with Crippen LogP contribution in [-0.2, 0) is 14.4 Å². The molecule has 2 saturated heterocycles. The van der Waals surface area contributed by atoms with E-state index in [9.17, 15) is 19.7 Å². The molecule has 0 bridgehead atoms. The number of rotatable bonds is 5. The van der Waals surface area contributed by atoms with Crippen LogP contribution < -0.4 is 9.96 Å². The Kier molecular flexibility index (Phi) is 5.35. The van der Waals surface area contributed by atoms with Gasteiger partial charge in [0.15, 0.2) is 6.10 Å². The first kappa shape index (κ1) is 21.2. The Morgan fingerprint density at radius 1 is 0.879 bits per heavy atom. The fourth-order valence-electron chi connectivity index (χ4n) is 4.33. The molecule has 8 nitrogen and oxygen atoms in total.